The predicted octanol–water partition coefficient (Wildman–Crippen LogP) is 6.52. The van der Waals surface area contributed by atoms with Crippen LogP contribution in [0.3, 0.4) is 0 Å². The smallest absolute Gasteiger partial charge is 0.196 e. The van der Waals surface area contributed by atoms with Crippen LogP contribution < -0.4 is 5.32 Å². The summed E-state index contributed by atoms with van der Waals surface area (Å²) in [6, 6.07) is 12.9. The van der Waals surface area contributed by atoms with Crippen molar-refractivity contribution in [3.05, 3.63) is 59.2 Å². The summed E-state index contributed by atoms with van der Waals surface area (Å²) < 4.78 is 2.25. The highest BCUT2D eigenvalue weighted by molar-refractivity contribution is 7.15. The van der Waals surface area contributed by atoms with Gasteiger partial charge in [-0.25, -0.2) is 4.98 Å². The summed E-state index contributed by atoms with van der Waals surface area (Å²) in [6.45, 7) is 0. The first-order valence-electron chi connectivity index (χ1n) is 9.73. The van der Waals surface area contributed by atoms with Crippen molar-refractivity contribution in [3.63, 3.8) is 0 Å². The molecule has 0 amide bonds. The van der Waals surface area contributed by atoms with Crippen molar-refractivity contribution >= 4 is 33.7 Å². The molecule has 1 fully saturated rings. The fraction of sp³-hybridized carbons (Fsp3) is 0.273. The number of fused-ring (bicyclic) bond motifs is 1. The summed E-state index contributed by atoms with van der Waals surface area (Å²) in [5.41, 5.74) is 4.17. The van der Waals surface area contributed by atoms with Crippen LogP contribution in [0.25, 0.3) is 27.5 Å². The Morgan fingerprint density at radius 2 is 1.89 bits per heavy atom. The van der Waals surface area contributed by atoms with E-state index in [1.54, 1.807) is 23.7 Å². The molecule has 0 bridgehead atoms. The third kappa shape index (κ3) is 3.19. The van der Waals surface area contributed by atoms with Crippen molar-refractivity contribution in [1.29, 1.82) is 0 Å². The molecule has 1 aromatic carbocycles. The highest BCUT2D eigenvalue weighted by Gasteiger charge is 2.23. The lowest BCUT2D eigenvalue weighted by Crippen LogP contribution is -2.23. The molecule has 1 aliphatic carbocycles. The molecule has 3 heterocycles. The van der Waals surface area contributed by atoms with Crippen molar-refractivity contribution in [1.82, 2.24) is 14.4 Å². The number of hydrogen-bond acceptors (Lipinski definition) is 4. The van der Waals surface area contributed by atoms with Gasteiger partial charge in [-0.05, 0) is 24.5 Å². The Bertz CT molecular complexity index is 1100. The number of nitrogens with one attached hydrogen (secondary N) is 1. The molecule has 6 heteroatoms. The van der Waals surface area contributed by atoms with Crippen LogP contribution in [-0.4, -0.2) is 20.4 Å². The van der Waals surface area contributed by atoms with Crippen LogP contribution in [0.5, 0.6) is 0 Å². The largest absolute Gasteiger partial charge is 0.367 e. The monoisotopic (exact) mass is 408 g/mol. The number of rotatable bonds is 4. The topological polar surface area (TPSA) is 42.2 Å². The van der Waals surface area contributed by atoms with E-state index in [1.807, 2.05) is 12.1 Å². The molecule has 1 aliphatic rings. The molecule has 0 saturated heterocycles. The SMILES string of the molecule is Clc1cnccc1-c1nc2scc(-c3ccccc3)n2c1NC1CCCCC1. The molecule has 0 unspecified atom stereocenters. The van der Waals surface area contributed by atoms with Crippen LogP contribution >= 0.6 is 22.9 Å². The highest BCUT2D eigenvalue weighted by atomic mass is 35.5. The summed E-state index contributed by atoms with van der Waals surface area (Å²) in [6.07, 6.45) is 9.74. The Morgan fingerprint density at radius 3 is 2.68 bits per heavy atom. The maximum atomic E-state index is 6.49. The lowest BCUT2D eigenvalue weighted by Gasteiger charge is -2.24. The number of imidazole rings is 1. The van der Waals surface area contributed by atoms with Crippen LogP contribution in [0.2, 0.25) is 5.02 Å². The third-order valence-corrected chi connectivity index (χ3v) is 6.53. The van der Waals surface area contributed by atoms with Gasteiger partial charge in [0.2, 0.25) is 0 Å². The molecule has 0 spiro atoms. The van der Waals surface area contributed by atoms with Gasteiger partial charge in [0, 0.05) is 29.4 Å². The van der Waals surface area contributed by atoms with Gasteiger partial charge in [0.1, 0.15) is 11.5 Å². The minimum atomic E-state index is 0.469. The van der Waals surface area contributed by atoms with E-state index in [0.717, 1.165) is 27.7 Å². The fourth-order valence-corrected chi connectivity index (χ4v) is 5.10. The first-order valence-corrected chi connectivity index (χ1v) is 11.0. The van der Waals surface area contributed by atoms with E-state index in [0.29, 0.717) is 11.1 Å². The van der Waals surface area contributed by atoms with E-state index >= 15 is 0 Å². The first kappa shape index (κ1) is 17.7. The molecule has 4 nitrogen and oxygen atoms in total. The van der Waals surface area contributed by atoms with E-state index in [1.165, 1.54) is 37.7 Å². The maximum absolute atomic E-state index is 6.49. The normalized spacial score (nSPS) is 15.2. The molecule has 0 atom stereocenters. The van der Waals surface area contributed by atoms with Gasteiger partial charge < -0.3 is 5.32 Å². The van der Waals surface area contributed by atoms with E-state index in [9.17, 15) is 0 Å². The molecular formula is C22H21ClN4S. The van der Waals surface area contributed by atoms with E-state index in [2.05, 4.69) is 44.3 Å². The summed E-state index contributed by atoms with van der Waals surface area (Å²) in [7, 11) is 0. The average Bonchev–Trinajstić information content (AvgIpc) is 3.30. The van der Waals surface area contributed by atoms with Crippen molar-refractivity contribution < 1.29 is 0 Å². The number of nitrogens with zero attached hydrogens (tertiary/aromatic N) is 3. The quantitative estimate of drug-likeness (QED) is 0.417. The van der Waals surface area contributed by atoms with Gasteiger partial charge in [0.05, 0.1) is 10.7 Å². The molecule has 4 aromatic rings. The number of pyridine rings is 1. The summed E-state index contributed by atoms with van der Waals surface area (Å²) in [4.78, 5) is 10.1. The molecule has 0 aliphatic heterocycles. The second-order valence-electron chi connectivity index (χ2n) is 7.25. The maximum Gasteiger partial charge on any atom is 0.196 e. The first-order chi connectivity index (χ1) is 13.8. The lowest BCUT2D eigenvalue weighted by molar-refractivity contribution is 0.462. The number of hydrogen-bond donors (Lipinski definition) is 1. The Morgan fingerprint density at radius 1 is 1.07 bits per heavy atom. The number of benzene rings is 1. The summed E-state index contributed by atoms with van der Waals surface area (Å²) in [5.74, 6) is 1.04. The van der Waals surface area contributed by atoms with E-state index in [4.69, 9.17) is 16.6 Å². The fourth-order valence-electron chi connectivity index (χ4n) is 4.00. The minimum Gasteiger partial charge on any atom is -0.367 e. The standard InChI is InChI=1S/C22H21ClN4S/c23-18-13-24-12-11-17(18)20-21(25-16-9-5-2-6-10-16)27-19(14-28-22(27)26-20)15-7-3-1-4-8-15/h1,3-4,7-8,11-14,16,25H,2,5-6,9-10H2. The molecule has 3 aromatic heterocycles. The van der Waals surface area contributed by atoms with Crippen LogP contribution in [0, 0.1) is 0 Å². The Labute approximate surface area is 173 Å². The van der Waals surface area contributed by atoms with E-state index < -0.39 is 0 Å². The number of halogens is 1. The predicted molar refractivity (Wildman–Crippen MR) is 117 cm³/mol. The van der Waals surface area contributed by atoms with Gasteiger partial charge in [0.25, 0.3) is 0 Å². The second kappa shape index (κ2) is 7.57. The summed E-state index contributed by atoms with van der Waals surface area (Å²) >= 11 is 8.15. The Balaban J connectivity index is 1.70. The van der Waals surface area contributed by atoms with Crippen molar-refractivity contribution in [2.24, 2.45) is 0 Å². The molecule has 1 N–H and O–H groups in total. The lowest BCUT2D eigenvalue weighted by atomic mass is 9.95. The van der Waals surface area contributed by atoms with Crippen LogP contribution in [0.15, 0.2) is 54.2 Å². The number of aromatic nitrogens is 3. The summed E-state index contributed by atoms with van der Waals surface area (Å²) in [5, 5.41) is 6.63. The van der Waals surface area contributed by atoms with Crippen molar-refractivity contribution in [3.8, 4) is 22.5 Å². The van der Waals surface area contributed by atoms with E-state index in [-0.39, 0.29) is 0 Å². The van der Waals surface area contributed by atoms with Gasteiger partial charge in [-0.3, -0.25) is 9.38 Å². The molecule has 28 heavy (non-hydrogen) atoms. The van der Waals surface area contributed by atoms with Crippen LogP contribution in [0.1, 0.15) is 32.1 Å². The van der Waals surface area contributed by atoms with Gasteiger partial charge in [-0.15, -0.1) is 11.3 Å². The van der Waals surface area contributed by atoms with Crippen molar-refractivity contribution in [2.75, 3.05) is 5.32 Å². The van der Waals surface area contributed by atoms with Gasteiger partial charge >= 0.3 is 0 Å². The van der Waals surface area contributed by atoms with Crippen molar-refractivity contribution in [2.45, 2.75) is 38.1 Å². The number of thiazole rings is 1. The highest BCUT2D eigenvalue weighted by Crippen LogP contribution is 2.39. The molecular weight excluding hydrogens is 388 g/mol. The van der Waals surface area contributed by atoms with Crippen LogP contribution in [0.4, 0.5) is 5.82 Å². The molecule has 1 saturated carbocycles. The van der Waals surface area contributed by atoms with Crippen LogP contribution in [-0.2, 0) is 0 Å². The zero-order valence-electron chi connectivity index (χ0n) is 15.4. The molecule has 142 valence electrons. The average molecular weight is 409 g/mol. The van der Waals surface area contributed by atoms with Gasteiger partial charge in [-0.2, -0.15) is 0 Å². The zero-order chi connectivity index (χ0) is 18.9. The number of anilines is 1. The Kier molecular flexibility index (Phi) is 4.79. The van der Waals surface area contributed by atoms with Gasteiger partial charge in [-0.1, -0.05) is 61.2 Å². The minimum absolute atomic E-state index is 0.469. The third-order valence-electron chi connectivity index (χ3n) is 5.41. The second-order valence-corrected chi connectivity index (χ2v) is 8.49. The van der Waals surface area contributed by atoms with Gasteiger partial charge in [0.15, 0.2) is 4.96 Å². The zero-order valence-corrected chi connectivity index (χ0v) is 17.0. The molecule has 5 rings (SSSR count). The Hall–Kier alpha value is -2.37. The molecule has 0 radical (unpaired) electrons.